The first-order valence-electron chi connectivity index (χ1n) is 5.47. The summed E-state index contributed by atoms with van der Waals surface area (Å²) in [6.07, 6.45) is 0. The monoisotopic (exact) mass is 235 g/mol. The van der Waals surface area contributed by atoms with Crippen molar-refractivity contribution in [2.75, 3.05) is 32.8 Å². The topological polar surface area (TPSA) is 46.6 Å². The van der Waals surface area contributed by atoms with Crippen molar-refractivity contribution in [3.63, 3.8) is 0 Å². The van der Waals surface area contributed by atoms with Crippen LogP contribution in [0, 0.1) is 0 Å². The first-order valence-corrected chi connectivity index (χ1v) is 7.08. The number of nitrogens with zero attached hydrogens (tertiary/aromatic N) is 1. The van der Waals surface area contributed by atoms with Crippen LogP contribution in [-0.2, 0) is 14.6 Å². The van der Waals surface area contributed by atoms with Gasteiger partial charge in [0.05, 0.1) is 23.7 Å². The second-order valence-corrected chi connectivity index (χ2v) is 7.29. The van der Waals surface area contributed by atoms with E-state index in [1.165, 1.54) is 0 Å². The van der Waals surface area contributed by atoms with E-state index in [0.29, 0.717) is 19.8 Å². The number of ether oxygens (including phenoxy) is 1. The quantitative estimate of drug-likeness (QED) is 0.713. The molecule has 4 nitrogen and oxygen atoms in total. The van der Waals surface area contributed by atoms with Crippen LogP contribution in [0.4, 0.5) is 0 Å². The van der Waals surface area contributed by atoms with E-state index in [2.05, 4.69) is 4.90 Å². The van der Waals surface area contributed by atoms with E-state index in [1.807, 2.05) is 0 Å². The van der Waals surface area contributed by atoms with Gasteiger partial charge in [0.15, 0.2) is 9.84 Å². The van der Waals surface area contributed by atoms with E-state index in [1.54, 1.807) is 20.8 Å². The molecule has 0 aromatic rings. The Morgan fingerprint density at radius 3 is 2.20 bits per heavy atom. The third-order valence-electron chi connectivity index (χ3n) is 2.84. The maximum atomic E-state index is 11.8. The van der Waals surface area contributed by atoms with Gasteiger partial charge in [0.2, 0.25) is 0 Å². The average molecular weight is 235 g/mol. The van der Waals surface area contributed by atoms with Gasteiger partial charge < -0.3 is 4.74 Å². The smallest absolute Gasteiger partial charge is 0.156 e. The zero-order chi connectivity index (χ0) is 11.5. The molecule has 5 heteroatoms. The minimum atomic E-state index is -2.96. The van der Waals surface area contributed by atoms with Crippen LogP contribution in [0.5, 0.6) is 0 Å². The second-order valence-electron chi connectivity index (χ2n) is 4.36. The SMILES string of the molecule is CC(C)S(=O)(=O)C(C)CN1CCOCC1. The lowest BCUT2D eigenvalue weighted by Gasteiger charge is -2.29. The van der Waals surface area contributed by atoms with Gasteiger partial charge in [-0.25, -0.2) is 8.42 Å². The van der Waals surface area contributed by atoms with Crippen LogP contribution in [0.2, 0.25) is 0 Å². The molecule has 0 aromatic carbocycles. The highest BCUT2D eigenvalue weighted by Gasteiger charge is 2.26. The summed E-state index contributed by atoms with van der Waals surface area (Å²) in [5.74, 6) is 0. The Balaban J connectivity index is 2.50. The van der Waals surface area contributed by atoms with Gasteiger partial charge >= 0.3 is 0 Å². The first kappa shape index (κ1) is 12.9. The van der Waals surface area contributed by atoms with E-state index in [0.717, 1.165) is 13.1 Å². The van der Waals surface area contributed by atoms with Gasteiger partial charge in [-0.2, -0.15) is 0 Å². The Kier molecular flexibility index (Phi) is 4.55. The van der Waals surface area contributed by atoms with E-state index >= 15 is 0 Å². The van der Waals surface area contributed by atoms with Gasteiger partial charge in [-0.05, 0) is 20.8 Å². The van der Waals surface area contributed by atoms with Gasteiger partial charge in [-0.3, -0.25) is 4.90 Å². The summed E-state index contributed by atoms with van der Waals surface area (Å²) in [5, 5.41) is -0.566. The normalized spacial score (nSPS) is 21.9. The molecule has 15 heavy (non-hydrogen) atoms. The molecule has 1 atom stereocenters. The van der Waals surface area contributed by atoms with Crippen LogP contribution in [0.15, 0.2) is 0 Å². The van der Waals surface area contributed by atoms with Gasteiger partial charge in [0, 0.05) is 19.6 Å². The molecule has 1 aliphatic heterocycles. The van der Waals surface area contributed by atoms with E-state index in [4.69, 9.17) is 4.74 Å². The number of rotatable bonds is 4. The van der Waals surface area contributed by atoms with Crippen LogP contribution in [0.3, 0.4) is 0 Å². The Morgan fingerprint density at radius 2 is 1.73 bits per heavy atom. The Hall–Kier alpha value is -0.130. The molecule has 0 bridgehead atoms. The molecule has 0 amide bonds. The lowest BCUT2D eigenvalue weighted by molar-refractivity contribution is 0.0383. The molecule has 1 unspecified atom stereocenters. The van der Waals surface area contributed by atoms with Gasteiger partial charge in [0.1, 0.15) is 0 Å². The molecule has 0 saturated carbocycles. The molecular formula is C10H21NO3S. The Labute approximate surface area is 92.5 Å². The molecule has 0 aromatic heterocycles. The zero-order valence-electron chi connectivity index (χ0n) is 9.77. The van der Waals surface area contributed by atoms with Crippen molar-refractivity contribution in [2.24, 2.45) is 0 Å². The lowest BCUT2D eigenvalue weighted by Crippen LogP contribution is -2.43. The Morgan fingerprint density at radius 1 is 1.20 bits per heavy atom. The average Bonchev–Trinajstić information content (AvgIpc) is 2.18. The molecule has 0 radical (unpaired) electrons. The summed E-state index contributed by atoms with van der Waals surface area (Å²) in [7, 11) is -2.96. The summed E-state index contributed by atoms with van der Waals surface area (Å²) in [6, 6.07) is 0. The minimum Gasteiger partial charge on any atom is -0.379 e. The lowest BCUT2D eigenvalue weighted by atomic mass is 10.3. The minimum absolute atomic E-state index is 0.282. The molecule has 1 aliphatic rings. The summed E-state index contributed by atoms with van der Waals surface area (Å²) in [6.45, 7) is 9.03. The fourth-order valence-corrected chi connectivity index (χ4v) is 3.06. The molecule has 1 fully saturated rings. The highest BCUT2D eigenvalue weighted by atomic mass is 32.2. The van der Waals surface area contributed by atoms with Crippen molar-refractivity contribution in [3.8, 4) is 0 Å². The predicted molar refractivity (Wildman–Crippen MR) is 60.8 cm³/mol. The highest BCUT2D eigenvalue weighted by molar-refractivity contribution is 7.92. The van der Waals surface area contributed by atoms with Crippen molar-refractivity contribution >= 4 is 9.84 Å². The van der Waals surface area contributed by atoms with E-state index < -0.39 is 9.84 Å². The third kappa shape index (κ3) is 3.43. The van der Waals surface area contributed by atoms with Crippen molar-refractivity contribution in [2.45, 2.75) is 31.3 Å². The van der Waals surface area contributed by atoms with Crippen molar-refractivity contribution in [1.82, 2.24) is 4.90 Å². The van der Waals surface area contributed by atoms with Gasteiger partial charge in [-0.1, -0.05) is 0 Å². The van der Waals surface area contributed by atoms with Crippen LogP contribution in [0.1, 0.15) is 20.8 Å². The van der Waals surface area contributed by atoms with Crippen molar-refractivity contribution < 1.29 is 13.2 Å². The molecule has 0 spiro atoms. The van der Waals surface area contributed by atoms with Crippen LogP contribution in [0.25, 0.3) is 0 Å². The second kappa shape index (κ2) is 5.27. The third-order valence-corrected chi connectivity index (χ3v) is 5.42. The molecule has 1 rings (SSSR count). The van der Waals surface area contributed by atoms with Crippen molar-refractivity contribution in [1.29, 1.82) is 0 Å². The molecule has 1 saturated heterocycles. The highest BCUT2D eigenvalue weighted by Crippen LogP contribution is 2.11. The predicted octanol–water partition coefficient (Wildman–Crippen LogP) is 0.530. The van der Waals surface area contributed by atoms with Crippen LogP contribution < -0.4 is 0 Å². The summed E-state index contributed by atoms with van der Waals surface area (Å²) >= 11 is 0. The molecular weight excluding hydrogens is 214 g/mol. The molecule has 0 aliphatic carbocycles. The van der Waals surface area contributed by atoms with Crippen LogP contribution in [-0.4, -0.2) is 56.7 Å². The van der Waals surface area contributed by atoms with Crippen molar-refractivity contribution in [3.05, 3.63) is 0 Å². The fraction of sp³-hybridized carbons (Fsp3) is 1.00. The summed E-state index contributed by atoms with van der Waals surface area (Å²) < 4.78 is 28.9. The molecule has 90 valence electrons. The van der Waals surface area contributed by atoms with Crippen LogP contribution >= 0.6 is 0 Å². The number of hydrogen-bond acceptors (Lipinski definition) is 4. The zero-order valence-corrected chi connectivity index (χ0v) is 10.6. The van der Waals surface area contributed by atoms with E-state index in [9.17, 15) is 8.42 Å². The largest absolute Gasteiger partial charge is 0.379 e. The van der Waals surface area contributed by atoms with Gasteiger partial charge in [-0.15, -0.1) is 0 Å². The maximum absolute atomic E-state index is 11.8. The summed E-state index contributed by atoms with van der Waals surface area (Å²) in [4.78, 5) is 2.16. The Bertz CT molecular complexity index is 281. The standard InChI is InChI=1S/C10H21NO3S/c1-9(2)15(12,13)10(3)8-11-4-6-14-7-5-11/h9-10H,4-8H2,1-3H3. The molecule has 0 N–H and O–H groups in total. The molecule has 1 heterocycles. The van der Waals surface area contributed by atoms with Gasteiger partial charge in [0.25, 0.3) is 0 Å². The number of sulfone groups is 1. The number of morpholine rings is 1. The summed E-state index contributed by atoms with van der Waals surface area (Å²) in [5.41, 5.74) is 0. The maximum Gasteiger partial charge on any atom is 0.156 e. The first-order chi connectivity index (χ1) is 6.94. The number of hydrogen-bond donors (Lipinski definition) is 0. The fourth-order valence-electron chi connectivity index (χ4n) is 1.72. The van der Waals surface area contributed by atoms with E-state index in [-0.39, 0.29) is 10.5 Å².